The number of anilines is 1. The summed E-state index contributed by atoms with van der Waals surface area (Å²) in [5.74, 6) is -1.19. The highest BCUT2D eigenvalue weighted by atomic mass is 16.6. The fourth-order valence-electron chi connectivity index (χ4n) is 1.74. The molecule has 0 fully saturated rings. The van der Waals surface area contributed by atoms with E-state index >= 15 is 0 Å². The molecular weight excluding hydrogens is 276 g/mol. The molecule has 2 aromatic heterocycles. The van der Waals surface area contributed by atoms with Crippen LogP contribution in [0.2, 0.25) is 0 Å². The van der Waals surface area contributed by atoms with E-state index in [9.17, 15) is 14.9 Å². The molecule has 8 nitrogen and oxygen atoms in total. The molecule has 0 bridgehead atoms. The topological polar surface area (TPSA) is 118 Å². The molecule has 2 N–H and O–H groups in total. The zero-order valence-electron chi connectivity index (χ0n) is 11.1. The summed E-state index contributed by atoms with van der Waals surface area (Å²) >= 11 is 0. The summed E-state index contributed by atoms with van der Waals surface area (Å²) in [5, 5.41) is 22.6. The number of nitro groups is 1. The number of pyridine rings is 2. The Kier molecular flexibility index (Phi) is 4.07. The molecule has 8 heteroatoms. The Morgan fingerprint density at radius 3 is 2.86 bits per heavy atom. The quantitative estimate of drug-likeness (QED) is 0.638. The van der Waals surface area contributed by atoms with Crippen LogP contribution in [-0.2, 0) is 6.54 Å². The van der Waals surface area contributed by atoms with Crippen LogP contribution in [0.5, 0.6) is 0 Å². The van der Waals surface area contributed by atoms with Gasteiger partial charge in [-0.05, 0) is 24.1 Å². The van der Waals surface area contributed by atoms with Crippen LogP contribution >= 0.6 is 0 Å². The number of aryl methyl sites for hydroxylation is 1. The SMILES string of the molecule is Cc1cnccc1CNc1ncc([N+](=O)[O-])cc1C(=O)O. The fraction of sp³-hybridized carbons (Fsp3) is 0.154. The van der Waals surface area contributed by atoms with E-state index < -0.39 is 10.9 Å². The summed E-state index contributed by atoms with van der Waals surface area (Å²) in [4.78, 5) is 28.9. The standard InChI is InChI=1S/C13H12N4O4/c1-8-5-14-3-2-9(8)6-15-12-11(13(18)19)4-10(7-16-12)17(20)21/h2-5,7H,6H2,1H3,(H,15,16)(H,18,19). The number of carboxylic acids is 1. The van der Waals surface area contributed by atoms with E-state index in [2.05, 4.69) is 15.3 Å². The van der Waals surface area contributed by atoms with Gasteiger partial charge in [-0.1, -0.05) is 0 Å². The zero-order chi connectivity index (χ0) is 15.4. The predicted octanol–water partition coefficient (Wildman–Crippen LogP) is 2.00. The molecule has 108 valence electrons. The number of hydrogen-bond acceptors (Lipinski definition) is 6. The number of aromatic nitrogens is 2. The van der Waals surface area contributed by atoms with Crippen molar-refractivity contribution in [1.29, 1.82) is 0 Å². The molecule has 0 unspecified atom stereocenters. The second-order valence-electron chi connectivity index (χ2n) is 4.31. The van der Waals surface area contributed by atoms with E-state index in [4.69, 9.17) is 5.11 Å². The molecule has 2 rings (SSSR count). The van der Waals surface area contributed by atoms with Gasteiger partial charge in [0.05, 0.1) is 4.92 Å². The molecule has 0 amide bonds. The predicted molar refractivity (Wildman–Crippen MR) is 74.2 cm³/mol. The Bertz CT molecular complexity index is 702. The summed E-state index contributed by atoms with van der Waals surface area (Å²) in [7, 11) is 0. The van der Waals surface area contributed by atoms with Gasteiger partial charge in [-0.25, -0.2) is 9.78 Å². The van der Waals surface area contributed by atoms with Crippen molar-refractivity contribution < 1.29 is 14.8 Å². The third-order valence-corrected chi connectivity index (χ3v) is 2.90. The van der Waals surface area contributed by atoms with Crippen molar-refractivity contribution in [2.75, 3.05) is 5.32 Å². The molecular formula is C13H12N4O4. The van der Waals surface area contributed by atoms with Gasteiger partial charge in [0.1, 0.15) is 17.6 Å². The summed E-state index contributed by atoms with van der Waals surface area (Å²) in [6.45, 7) is 2.23. The highest BCUT2D eigenvalue weighted by molar-refractivity contribution is 5.93. The number of carbonyl (C=O) groups is 1. The number of nitrogens with zero attached hydrogens (tertiary/aromatic N) is 3. The van der Waals surface area contributed by atoms with Gasteiger partial charge in [-0.3, -0.25) is 15.1 Å². The van der Waals surface area contributed by atoms with Crippen LogP contribution in [0.25, 0.3) is 0 Å². The molecule has 0 saturated carbocycles. The van der Waals surface area contributed by atoms with Crippen LogP contribution in [-0.4, -0.2) is 26.0 Å². The van der Waals surface area contributed by atoms with E-state index in [0.717, 1.165) is 23.4 Å². The number of aromatic carboxylic acids is 1. The molecule has 2 aromatic rings. The third kappa shape index (κ3) is 3.30. The Labute approximate surface area is 119 Å². The molecule has 0 aliphatic heterocycles. The van der Waals surface area contributed by atoms with Crippen LogP contribution in [0.1, 0.15) is 21.5 Å². The first-order chi connectivity index (χ1) is 9.99. The molecule has 21 heavy (non-hydrogen) atoms. The monoisotopic (exact) mass is 288 g/mol. The first-order valence-electron chi connectivity index (χ1n) is 6.00. The average molecular weight is 288 g/mol. The van der Waals surface area contributed by atoms with E-state index in [1.165, 1.54) is 0 Å². The summed E-state index contributed by atoms with van der Waals surface area (Å²) < 4.78 is 0. The molecule has 0 atom stereocenters. The van der Waals surface area contributed by atoms with Crippen LogP contribution < -0.4 is 5.32 Å². The van der Waals surface area contributed by atoms with Crippen molar-refractivity contribution in [2.45, 2.75) is 13.5 Å². The van der Waals surface area contributed by atoms with Gasteiger partial charge in [0.2, 0.25) is 0 Å². The molecule has 0 aliphatic rings. The van der Waals surface area contributed by atoms with Gasteiger partial charge in [0, 0.05) is 25.0 Å². The van der Waals surface area contributed by atoms with Crippen LogP contribution in [0.15, 0.2) is 30.7 Å². The lowest BCUT2D eigenvalue weighted by Crippen LogP contribution is -2.10. The molecule has 0 saturated heterocycles. The molecule has 0 spiro atoms. The summed E-state index contributed by atoms with van der Waals surface area (Å²) in [5.41, 5.74) is 1.28. The molecule has 0 aliphatic carbocycles. The smallest absolute Gasteiger partial charge is 0.339 e. The average Bonchev–Trinajstić information content (AvgIpc) is 2.46. The molecule has 0 aromatic carbocycles. The Hall–Kier alpha value is -3.03. The van der Waals surface area contributed by atoms with Gasteiger partial charge < -0.3 is 10.4 Å². The highest BCUT2D eigenvalue weighted by Crippen LogP contribution is 2.20. The Balaban J connectivity index is 2.26. The van der Waals surface area contributed by atoms with Crippen molar-refractivity contribution in [3.05, 3.63) is 57.5 Å². The van der Waals surface area contributed by atoms with Gasteiger partial charge in [0.25, 0.3) is 5.69 Å². The maximum Gasteiger partial charge on any atom is 0.339 e. The van der Waals surface area contributed by atoms with Gasteiger partial charge in [0.15, 0.2) is 0 Å². The molecule has 0 radical (unpaired) electrons. The third-order valence-electron chi connectivity index (χ3n) is 2.90. The number of carboxylic acid groups (broad SMARTS) is 1. The van der Waals surface area contributed by atoms with Crippen molar-refractivity contribution >= 4 is 17.5 Å². The lowest BCUT2D eigenvalue weighted by atomic mass is 10.1. The van der Waals surface area contributed by atoms with Crippen molar-refractivity contribution in [1.82, 2.24) is 9.97 Å². The van der Waals surface area contributed by atoms with Crippen molar-refractivity contribution in [2.24, 2.45) is 0 Å². The van der Waals surface area contributed by atoms with E-state index in [-0.39, 0.29) is 17.1 Å². The van der Waals surface area contributed by atoms with Gasteiger partial charge >= 0.3 is 5.97 Å². The minimum atomic E-state index is -1.28. The second kappa shape index (κ2) is 5.95. The van der Waals surface area contributed by atoms with Crippen molar-refractivity contribution in [3.63, 3.8) is 0 Å². The van der Waals surface area contributed by atoms with Crippen LogP contribution in [0.4, 0.5) is 11.5 Å². The van der Waals surface area contributed by atoms with Crippen molar-refractivity contribution in [3.8, 4) is 0 Å². The molecule has 2 heterocycles. The fourth-order valence-corrected chi connectivity index (χ4v) is 1.74. The van der Waals surface area contributed by atoms with Gasteiger partial charge in [-0.15, -0.1) is 0 Å². The first-order valence-corrected chi connectivity index (χ1v) is 6.00. The number of hydrogen-bond donors (Lipinski definition) is 2. The Morgan fingerprint density at radius 1 is 1.48 bits per heavy atom. The number of rotatable bonds is 5. The lowest BCUT2D eigenvalue weighted by Gasteiger charge is -2.09. The zero-order valence-corrected chi connectivity index (χ0v) is 11.1. The normalized spacial score (nSPS) is 10.1. The highest BCUT2D eigenvalue weighted by Gasteiger charge is 2.17. The maximum absolute atomic E-state index is 11.2. The number of nitrogens with one attached hydrogen (secondary N) is 1. The summed E-state index contributed by atoms with van der Waals surface area (Å²) in [6.07, 6.45) is 4.35. The largest absolute Gasteiger partial charge is 0.478 e. The minimum Gasteiger partial charge on any atom is -0.478 e. The minimum absolute atomic E-state index is 0.0873. The van der Waals surface area contributed by atoms with E-state index in [1.54, 1.807) is 18.5 Å². The van der Waals surface area contributed by atoms with E-state index in [1.807, 2.05) is 6.92 Å². The van der Waals surface area contributed by atoms with Gasteiger partial charge in [-0.2, -0.15) is 0 Å². The van der Waals surface area contributed by atoms with Crippen LogP contribution in [0, 0.1) is 17.0 Å². The lowest BCUT2D eigenvalue weighted by molar-refractivity contribution is -0.385. The van der Waals surface area contributed by atoms with E-state index in [0.29, 0.717) is 6.54 Å². The maximum atomic E-state index is 11.2. The Morgan fingerprint density at radius 2 is 2.24 bits per heavy atom. The second-order valence-corrected chi connectivity index (χ2v) is 4.31. The first kappa shape index (κ1) is 14.4. The van der Waals surface area contributed by atoms with Crippen LogP contribution in [0.3, 0.4) is 0 Å². The summed E-state index contributed by atoms with van der Waals surface area (Å²) in [6, 6.07) is 2.78.